The van der Waals surface area contributed by atoms with Gasteiger partial charge >= 0.3 is 0 Å². The quantitative estimate of drug-likeness (QED) is 0.275. The van der Waals surface area contributed by atoms with E-state index in [1.165, 1.54) is 33.8 Å². The molecule has 4 rings (SSSR count). The highest BCUT2D eigenvalue weighted by molar-refractivity contribution is 6.08. The van der Waals surface area contributed by atoms with E-state index in [-0.39, 0.29) is 0 Å². The number of pyridine rings is 1. The van der Waals surface area contributed by atoms with Crippen LogP contribution in [0.15, 0.2) is 60.7 Å². The Hall–Kier alpha value is -2.69. The number of rotatable bonds is 12. The van der Waals surface area contributed by atoms with Crippen molar-refractivity contribution in [1.82, 2.24) is 19.8 Å². The summed E-state index contributed by atoms with van der Waals surface area (Å²) in [4.78, 5) is 7.47. The zero-order valence-corrected chi connectivity index (χ0v) is 20.5. The van der Waals surface area contributed by atoms with Crippen LogP contribution in [0.5, 0.6) is 0 Å². The lowest BCUT2D eigenvalue weighted by molar-refractivity contribution is 0.298. The molecule has 0 saturated carbocycles. The summed E-state index contributed by atoms with van der Waals surface area (Å²) in [6.45, 7) is 12.9. The maximum absolute atomic E-state index is 4.99. The molecule has 0 amide bonds. The molecule has 0 unspecified atom stereocenters. The second-order valence-electron chi connectivity index (χ2n) is 8.91. The van der Waals surface area contributed by atoms with Gasteiger partial charge in [-0.2, -0.15) is 0 Å². The summed E-state index contributed by atoms with van der Waals surface area (Å²) in [7, 11) is 0. The van der Waals surface area contributed by atoms with Crippen LogP contribution in [0.2, 0.25) is 0 Å². The molecule has 2 aromatic carbocycles. The third-order valence-electron chi connectivity index (χ3n) is 6.69. The molecule has 0 aliphatic heterocycles. The smallest absolute Gasteiger partial charge is 0.0707 e. The zero-order valence-electron chi connectivity index (χ0n) is 20.5. The Labute approximate surface area is 198 Å². The first-order valence-electron chi connectivity index (χ1n) is 12.6. The van der Waals surface area contributed by atoms with Gasteiger partial charge in [0.2, 0.25) is 0 Å². The van der Waals surface area contributed by atoms with Crippen LogP contribution in [0.3, 0.4) is 0 Å². The summed E-state index contributed by atoms with van der Waals surface area (Å²) >= 11 is 0. The van der Waals surface area contributed by atoms with Gasteiger partial charge < -0.3 is 14.8 Å². The summed E-state index contributed by atoms with van der Waals surface area (Å²) in [6.07, 6.45) is 3.38. The Morgan fingerprint density at radius 1 is 0.909 bits per heavy atom. The molecule has 174 valence electrons. The number of nitrogens with one attached hydrogen (secondary N) is 1. The number of benzene rings is 2. The lowest BCUT2D eigenvalue weighted by Gasteiger charge is -2.17. The van der Waals surface area contributed by atoms with Crippen LogP contribution < -0.4 is 5.32 Å². The van der Waals surface area contributed by atoms with Crippen molar-refractivity contribution >= 4 is 21.8 Å². The van der Waals surface area contributed by atoms with E-state index in [0.29, 0.717) is 0 Å². The van der Waals surface area contributed by atoms with Crippen molar-refractivity contribution in [2.45, 2.75) is 53.1 Å². The van der Waals surface area contributed by atoms with Gasteiger partial charge in [0.1, 0.15) is 0 Å². The van der Waals surface area contributed by atoms with Gasteiger partial charge in [-0.25, -0.2) is 0 Å². The fourth-order valence-corrected chi connectivity index (χ4v) is 4.93. The first-order chi connectivity index (χ1) is 16.2. The van der Waals surface area contributed by atoms with Crippen molar-refractivity contribution < 1.29 is 0 Å². The fourth-order valence-electron chi connectivity index (χ4n) is 4.93. The Balaban J connectivity index is 1.49. The molecule has 4 aromatic rings. The van der Waals surface area contributed by atoms with Crippen molar-refractivity contribution in [3.8, 4) is 0 Å². The number of nitrogens with zero attached hydrogens (tertiary/aromatic N) is 3. The fraction of sp³-hybridized carbons (Fsp3) is 0.414. The lowest BCUT2D eigenvalue weighted by atomic mass is 10.1. The molecule has 1 N–H and O–H groups in total. The standard InChI is InChI=1S/C29H38N4/c1-4-32(5-2)19-12-18-30-22-25-21-27-26-16-9-10-17-28(26)33(29(27)23(3)31-25)20-11-15-24-13-7-6-8-14-24/h6-10,13-14,16-17,21,30H,4-5,11-12,15,18-20,22H2,1-3H3. The maximum Gasteiger partial charge on any atom is 0.0707 e. The third-order valence-corrected chi connectivity index (χ3v) is 6.69. The molecular weight excluding hydrogens is 404 g/mol. The molecule has 4 nitrogen and oxygen atoms in total. The molecule has 2 aromatic heterocycles. The Morgan fingerprint density at radius 3 is 2.45 bits per heavy atom. The molecule has 0 spiro atoms. The van der Waals surface area contributed by atoms with Crippen LogP contribution in [0.4, 0.5) is 0 Å². The predicted molar refractivity (Wildman–Crippen MR) is 141 cm³/mol. The minimum atomic E-state index is 0.822. The largest absolute Gasteiger partial charge is 0.339 e. The predicted octanol–water partition coefficient (Wildman–Crippen LogP) is 5.95. The van der Waals surface area contributed by atoms with Gasteiger partial charge in [0.15, 0.2) is 0 Å². The van der Waals surface area contributed by atoms with E-state index in [4.69, 9.17) is 4.98 Å². The van der Waals surface area contributed by atoms with Crippen LogP contribution in [0.1, 0.15) is 43.6 Å². The van der Waals surface area contributed by atoms with Gasteiger partial charge in [0.05, 0.1) is 16.9 Å². The first-order valence-corrected chi connectivity index (χ1v) is 12.6. The highest BCUT2D eigenvalue weighted by atomic mass is 15.1. The number of hydrogen-bond donors (Lipinski definition) is 1. The summed E-state index contributed by atoms with van der Waals surface area (Å²) < 4.78 is 2.48. The molecule has 0 saturated heterocycles. The average Bonchev–Trinajstić information content (AvgIpc) is 3.16. The van der Waals surface area contributed by atoms with E-state index in [2.05, 4.69) is 96.2 Å². The first kappa shape index (κ1) is 23.5. The van der Waals surface area contributed by atoms with Crippen molar-refractivity contribution in [1.29, 1.82) is 0 Å². The van der Waals surface area contributed by atoms with E-state index in [0.717, 1.165) is 63.5 Å². The van der Waals surface area contributed by atoms with E-state index in [1.807, 2.05) is 0 Å². The van der Waals surface area contributed by atoms with Crippen LogP contribution in [0.25, 0.3) is 21.8 Å². The molecule has 0 atom stereocenters. The SMILES string of the molecule is CCN(CC)CCCNCc1cc2c3ccccc3n(CCCc3ccccc3)c2c(C)n1. The minimum absolute atomic E-state index is 0.822. The van der Waals surface area contributed by atoms with Crippen LogP contribution in [-0.4, -0.2) is 40.6 Å². The summed E-state index contributed by atoms with van der Waals surface area (Å²) in [6, 6.07) is 21.9. The van der Waals surface area contributed by atoms with Crippen LogP contribution in [0, 0.1) is 6.92 Å². The second-order valence-corrected chi connectivity index (χ2v) is 8.91. The second kappa shape index (κ2) is 11.4. The number of hydrogen-bond acceptors (Lipinski definition) is 3. The molecule has 33 heavy (non-hydrogen) atoms. The van der Waals surface area contributed by atoms with Gasteiger partial charge in [-0.3, -0.25) is 4.98 Å². The van der Waals surface area contributed by atoms with Crippen molar-refractivity contribution in [3.05, 3.63) is 77.6 Å². The van der Waals surface area contributed by atoms with Crippen LogP contribution >= 0.6 is 0 Å². The summed E-state index contributed by atoms with van der Waals surface area (Å²) in [5.41, 5.74) is 6.27. The third kappa shape index (κ3) is 5.63. The Morgan fingerprint density at radius 2 is 1.67 bits per heavy atom. The number of fused-ring (bicyclic) bond motifs is 3. The number of aromatic nitrogens is 2. The number of para-hydroxylation sites is 1. The molecule has 0 aliphatic carbocycles. The molecule has 0 radical (unpaired) electrons. The lowest BCUT2D eigenvalue weighted by Crippen LogP contribution is -2.27. The molecular formula is C29H38N4. The normalized spacial score (nSPS) is 11.8. The van der Waals surface area contributed by atoms with Gasteiger partial charge in [-0.1, -0.05) is 62.4 Å². The van der Waals surface area contributed by atoms with E-state index < -0.39 is 0 Å². The molecule has 0 aliphatic rings. The number of aryl methyl sites for hydroxylation is 3. The highest BCUT2D eigenvalue weighted by Crippen LogP contribution is 2.31. The van der Waals surface area contributed by atoms with Crippen molar-refractivity contribution in [2.75, 3.05) is 26.2 Å². The highest BCUT2D eigenvalue weighted by Gasteiger charge is 2.14. The topological polar surface area (TPSA) is 33.1 Å². The zero-order chi connectivity index (χ0) is 23.0. The van der Waals surface area contributed by atoms with Crippen LogP contribution in [-0.2, 0) is 19.5 Å². The molecule has 0 fully saturated rings. The van der Waals surface area contributed by atoms with E-state index >= 15 is 0 Å². The minimum Gasteiger partial charge on any atom is -0.339 e. The van der Waals surface area contributed by atoms with E-state index in [9.17, 15) is 0 Å². The molecule has 0 bridgehead atoms. The van der Waals surface area contributed by atoms with Gasteiger partial charge in [0, 0.05) is 29.4 Å². The van der Waals surface area contributed by atoms with Gasteiger partial charge in [0.25, 0.3) is 0 Å². The summed E-state index contributed by atoms with van der Waals surface area (Å²) in [5.74, 6) is 0. The summed E-state index contributed by atoms with van der Waals surface area (Å²) in [5, 5.41) is 6.27. The molecule has 4 heteroatoms. The maximum atomic E-state index is 4.99. The average molecular weight is 443 g/mol. The van der Waals surface area contributed by atoms with Crippen molar-refractivity contribution in [3.63, 3.8) is 0 Å². The van der Waals surface area contributed by atoms with Gasteiger partial charge in [-0.05, 0) is 70.1 Å². The molecule has 2 heterocycles. The van der Waals surface area contributed by atoms with Crippen molar-refractivity contribution in [2.24, 2.45) is 0 Å². The Kier molecular flexibility index (Phi) is 8.14. The Bertz CT molecular complexity index is 1160. The monoisotopic (exact) mass is 442 g/mol. The van der Waals surface area contributed by atoms with Gasteiger partial charge in [-0.15, -0.1) is 0 Å². The van der Waals surface area contributed by atoms with E-state index in [1.54, 1.807) is 0 Å².